The second kappa shape index (κ2) is 5.11. The quantitative estimate of drug-likeness (QED) is 0.870. The van der Waals surface area contributed by atoms with Crippen LogP contribution in [0.4, 0.5) is 0 Å². The molecule has 1 aliphatic rings. The Labute approximate surface area is 108 Å². The molecule has 0 radical (unpaired) electrons. The summed E-state index contributed by atoms with van der Waals surface area (Å²) in [7, 11) is 0. The molecule has 3 heteroatoms. The smallest absolute Gasteiger partial charge is 0.254 e. The highest BCUT2D eigenvalue weighted by Crippen LogP contribution is 2.23. The summed E-state index contributed by atoms with van der Waals surface area (Å²) in [6.07, 6.45) is 0.565. The molecule has 0 bridgehead atoms. The number of likely N-dealkylation sites (tertiary alicyclic amines) is 1. The van der Waals surface area contributed by atoms with E-state index in [1.807, 2.05) is 36.9 Å². The molecular weight excluding hydrogens is 226 g/mol. The van der Waals surface area contributed by atoms with Gasteiger partial charge in [-0.2, -0.15) is 0 Å². The van der Waals surface area contributed by atoms with Crippen LogP contribution in [-0.4, -0.2) is 35.1 Å². The molecule has 2 unspecified atom stereocenters. The summed E-state index contributed by atoms with van der Waals surface area (Å²) in [5.41, 5.74) is 2.88. The summed E-state index contributed by atoms with van der Waals surface area (Å²) < 4.78 is 0. The predicted octanol–water partition coefficient (Wildman–Crippen LogP) is 2.15. The van der Waals surface area contributed by atoms with Gasteiger partial charge in [0.25, 0.3) is 5.91 Å². The minimum Gasteiger partial charge on any atom is -0.393 e. The Balaban J connectivity index is 2.18. The highest BCUT2D eigenvalue weighted by molar-refractivity contribution is 5.97. The van der Waals surface area contributed by atoms with Crippen molar-refractivity contribution in [2.75, 3.05) is 13.1 Å². The average molecular weight is 247 g/mol. The van der Waals surface area contributed by atoms with E-state index >= 15 is 0 Å². The van der Waals surface area contributed by atoms with Crippen molar-refractivity contribution in [2.45, 2.75) is 33.3 Å². The molecule has 0 spiro atoms. The SMILES string of the molecule is Cc1cccc(C)c1C(=O)N1CCC(C(C)O)C1. The van der Waals surface area contributed by atoms with E-state index < -0.39 is 0 Å². The van der Waals surface area contributed by atoms with E-state index in [1.54, 1.807) is 6.92 Å². The summed E-state index contributed by atoms with van der Waals surface area (Å²) in [4.78, 5) is 14.4. The molecule has 2 atom stereocenters. The van der Waals surface area contributed by atoms with Crippen LogP contribution in [-0.2, 0) is 0 Å². The highest BCUT2D eigenvalue weighted by Gasteiger charge is 2.30. The van der Waals surface area contributed by atoms with Crippen LogP contribution in [0.2, 0.25) is 0 Å². The fourth-order valence-electron chi connectivity index (χ4n) is 2.68. The topological polar surface area (TPSA) is 40.5 Å². The number of carbonyl (C=O) groups is 1. The van der Waals surface area contributed by atoms with Gasteiger partial charge in [0, 0.05) is 24.6 Å². The minimum absolute atomic E-state index is 0.105. The fourth-order valence-corrected chi connectivity index (χ4v) is 2.68. The third-order valence-electron chi connectivity index (χ3n) is 3.89. The van der Waals surface area contributed by atoms with E-state index in [9.17, 15) is 9.90 Å². The number of hydrogen-bond acceptors (Lipinski definition) is 2. The number of aliphatic hydroxyl groups excluding tert-OH is 1. The van der Waals surface area contributed by atoms with Gasteiger partial charge in [-0.3, -0.25) is 4.79 Å². The fraction of sp³-hybridized carbons (Fsp3) is 0.533. The number of nitrogens with zero attached hydrogens (tertiary/aromatic N) is 1. The minimum atomic E-state index is -0.333. The third-order valence-corrected chi connectivity index (χ3v) is 3.89. The maximum Gasteiger partial charge on any atom is 0.254 e. The summed E-state index contributed by atoms with van der Waals surface area (Å²) in [6.45, 7) is 7.18. The van der Waals surface area contributed by atoms with Crippen LogP contribution in [0.5, 0.6) is 0 Å². The third kappa shape index (κ3) is 2.41. The van der Waals surface area contributed by atoms with Crippen LogP contribution in [0, 0.1) is 19.8 Å². The standard InChI is InChI=1S/C15H21NO2/c1-10-5-4-6-11(2)14(10)15(18)16-8-7-13(9-16)12(3)17/h4-6,12-13,17H,7-9H2,1-3H3. The van der Waals surface area contributed by atoms with Crippen LogP contribution in [0.25, 0.3) is 0 Å². The van der Waals surface area contributed by atoms with Gasteiger partial charge >= 0.3 is 0 Å². The van der Waals surface area contributed by atoms with Gasteiger partial charge in [-0.25, -0.2) is 0 Å². The molecule has 1 N–H and O–H groups in total. The van der Waals surface area contributed by atoms with E-state index in [1.165, 1.54) is 0 Å². The molecule has 1 heterocycles. The van der Waals surface area contributed by atoms with Crippen molar-refractivity contribution in [1.29, 1.82) is 0 Å². The first-order valence-corrected chi connectivity index (χ1v) is 6.54. The lowest BCUT2D eigenvalue weighted by Crippen LogP contribution is -2.31. The van der Waals surface area contributed by atoms with E-state index in [2.05, 4.69) is 0 Å². The van der Waals surface area contributed by atoms with Crippen molar-refractivity contribution in [3.63, 3.8) is 0 Å². The normalized spacial score (nSPS) is 21.1. The lowest BCUT2D eigenvalue weighted by molar-refractivity contribution is 0.0761. The Morgan fingerprint density at radius 1 is 1.39 bits per heavy atom. The molecule has 98 valence electrons. The van der Waals surface area contributed by atoms with Crippen LogP contribution in [0.1, 0.15) is 34.8 Å². The molecule has 3 nitrogen and oxygen atoms in total. The molecule has 0 saturated carbocycles. The number of benzene rings is 1. The molecule has 0 aliphatic carbocycles. The first-order chi connectivity index (χ1) is 8.50. The summed E-state index contributed by atoms with van der Waals surface area (Å²) >= 11 is 0. The lowest BCUT2D eigenvalue weighted by Gasteiger charge is -2.20. The second-order valence-corrected chi connectivity index (χ2v) is 5.31. The number of amides is 1. The molecular formula is C15H21NO2. The number of aryl methyl sites for hydroxylation is 2. The van der Waals surface area contributed by atoms with Gasteiger partial charge in [-0.15, -0.1) is 0 Å². The highest BCUT2D eigenvalue weighted by atomic mass is 16.3. The van der Waals surface area contributed by atoms with Gasteiger partial charge in [0.15, 0.2) is 0 Å². The predicted molar refractivity (Wildman–Crippen MR) is 71.6 cm³/mol. The van der Waals surface area contributed by atoms with Crippen LogP contribution in [0.3, 0.4) is 0 Å². The summed E-state index contributed by atoms with van der Waals surface area (Å²) in [5.74, 6) is 0.326. The number of carbonyl (C=O) groups excluding carboxylic acids is 1. The Morgan fingerprint density at radius 3 is 2.50 bits per heavy atom. The van der Waals surface area contributed by atoms with Crippen molar-refractivity contribution in [2.24, 2.45) is 5.92 Å². The molecule has 18 heavy (non-hydrogen) atoms. The summed E-state index contributed by atoms with van der Waals surface area (Å²) in [6, 6.07) is 5.93. The van der Waals surface area contributed by atoms with E-state index in [0.717, 1.165) is 29.7 Å². The molecule has 1 saturated heterocycles. The molecule has 0 aromatic heterocycles. The van der Waals surface area contributed by atoms with Crippen molar-refractivity contribution >= 4 is 5.91 Å². The average Bonchev–Trinajstić information content (AvgIpc) is 2.77. The molecule has 1 amide bonds. The van der Waals surface area contributed by atoms with Crippen molar-refractivity contribution in [1.82, 2.24) is 4.90 Å². The van der Waals surface area contributed by atoms with Gasteiger partial charge in [-0.05, 0) is 38.3 Å². The summed E-state index contributed by atoms with van der Waals surface area (Å²) in [5, 5.41) is 9.59. The maximum atomic E-state index is 12.5. The maximum absolute atomic E-state index is 12.5. The van der Waals surface area contributed by atoms with E-state index in [-0.39, 0.29) is 17.9 Å². The molecule has 2 rings (SSSR count). The van der Waals surface area contributed by atoms with Gasteiger partial charge in [0.05, 0.1) is 6.10 Å². The Morgan fingerprint density at radius 2 is 2.00 bits per heavy atom. The van der Waals surface area contributed by atoms with Crippen LogP contribution >= 0.6 is 0 Å². The first kappa shape index (κ1) is 13.1. The van der Waals surface area contributed by atoms with Gasteiger partial charge in [-0.1, -0.05) is 18.2 Å². The first-order valence-electron chi connectivity index (χ1n) is 6.54. The number of rotatable bonds is 2. The zero-order valence-corrected chi connectivity index (χ0v) is 11.3. The Bertz CT molecular complexity index is 434. The molecule has 1 aromatic rings. The lowest BCUT2D eigenvalue weighted by atomic mass is 10.0. The van der Waals surface area contributed by atoms with Crippen molar-refractivity contribution < 1.29 is 9.90 Å². The van der Waals surface area contributed by atoms with Crippen LogP contribution in [0.15, 0.2) is 18.2 Å². The largest absolute Gasteiger partial charge is 0.393 e. The molecule has 1 aromatic carbocycles. The van der Waals surface area contributed by atoms with E-state index in [4.69, 9.17) is 0 Å². The van der Waals surface area contributed by atoms with Crippen molar-refractivity contribution in [3.05, 3.63) is 34.9 Å². The van der Waals surface area contributed by atoms with Gasteiger partial charge in [0.1, 0.15) is 0 Å². The van der Waals surface area contributed by atoms with E-state index in [0.29, 0.717) is 6.54 Å². The zero-order valence-electron chi connectivity index (χ0n) is 11.3. The number of hydrogen-bond donors (Lipinski definition) is 1. The number of aliphatic hydroxyl groups is 1. The van der Waals surface area contributed by atoms with Crippen LogP contribution < -0.4 is 0 Å². The molecule has 1 fully saturated rings. The van der Waals surface area contributed by atoms with Crippen molar-refractivity contribution in [3.8, 4) is 0 Å². The monoisotopic (exact) mass is 247 g/mol. The van der Waals surface area contributed by atoms with Gasteiger partial charge in [0.2, 0.25) is 0 Å². The van der Waals surface area contributed by atoms with Gasteiger partial charge < -0.3 is 10.0 Å². The Hall–Kier alpha value is -1.35. The zero-order chi connectivity index (χ0) is 13.3. The second-order valence-electron chi connectivity index (χ2n) is 5.31. The Kier molecular flexibility index (Phi) is 3.71. The molecule has 1 aliphatic heterocycles.